The topological polar surface area (TPSA) is 232 Å². The third-order valence-electron chi connectivity index (χ3n) is 15.9. The highest BCUT2D eigenvalue weighted by molar-refractivity contribution is 6.01. The first-order valence-electron chi connectivity index (χ1n) is 25.7. The number of oxime groups is 1. The summed E-state index contributed by atoms with van der Waals surface area (Å²) in [5, 5.41) is 72.9. The van der Waals surface area contributed by atoms with Gasteiger partial charge in [0.2, 0.25) is 0 Å². The van der Waals surface area contributed by atoms with E-state index in [0.29, 0.717) is 38.9 Å². The minimum atomic E-state index is -1.83. The second-order valence-corrected chi connectivity index (χ2v) is 22.2. The van der Waals surface area contributed by atoms with Crippen LogP contribution in [0.4, 0.5) is 0 Å². The molecule has 4 aliphatic rings. The predicted molar refractivity (Wildman–Crippen MR) is 264 cm³/mol. The van der Waals surface area contributed by atoms with Gasteiger partial charge < -0.3 is 68.6 Å². The second-order valence-electron chi connectivity index (χ2n) is 22.2. The monoisotopic (exact) mass is 1000 g/mol. The third kappa shape index (κ3) is 13.4. The smallest absolute Gasteiger partial charge is 0.311 e. The molecule has 402 valence electrons. The van der Waals surface area contributed by atoms with Crippen molar-refractivity contribution in [2.75, 3.05) is 34.3 Å². The number of ether oxygens (including phenoxy) is 6. The number of aromatic nitrogens is 3. The van der Waals surface area contributed by atoms with Crippen LogP contribution in [-0.2, 0) is 51.0 Å². The van der Waals surface area contributed by atoms with Gasteiger partial charge in [-0.15, -0.1) is 5.10 Å². The van der Waals surface area contributed by atoms with E-state index in [-0.39, 0.29) is 37.4 Å². The molecule has 5 heterocycles. The van der Waals surface area contributed by atoms with Crippen molar-refractivity contribution >= 4 is 11.7 Å². The van der Waals surface area contributed by atoms with Crippen LogP contribution in [-0.4, -0.2) is 193 Å². The normalized spacial score (nSPS) is 41.5. The van der Waals surface area contributed by atoms with Crippen molar-refractivity contribution in [3.8, 4) is 0 Å². The van der Waals surface area contributed by atoms with Gasteiger partial charge in [0.15, 0.2) is 18.7 Å². The zero-order chi connectivity index (χ0) is 52.3. The maximum Gasteiger partial charge on any atom is 0.311 e. The van der Waals surface area contributed by atoms with Crippen LogP contribution in [0.1, 0.15) is 118 Å². The Labute approximate surface area is 421 Å². The Kier molecular flexibility index (Phi) is 19.0. The molecule has 1 aromatic heterocycles. The number of carbonyl (C=O) groups is 1. The first kappa shape index (κ1) is 57.1. The molecule has 0 bridgehead atoms. The minimum absolute atomic E-state index is 0.104. The molecule has 6 rings (SSSR count). The lowest BCUT2D eigenvalue weighted by Crippen LogP contribution is -2.61. The summed E-state index contributed by atoms with van der Waals surface area (Å²) in [6, 6.07) is 7.24. The number of methoxy groups -OCH3 is 1. The Hall–Kier alpha value is -3.18. The summed E-state index contributed by atoms with van der Waals surface area (Å²) < 4.78 is 40.1. The largest absolute Gasteiger partial charge is 0.459 e. The van der Waals surface area contributed by atoms with Crippen LogP contribution < -0.4 is 0 Å². The number of cyclic esters (lactones) is 1. The van der Waals surface area contributed by atoms with E-state index in [9.17, 15) is 30.3 Å². The van der Waals surface area contributed by atoms with E-state index >= 15 is 0 Å². The van der Waals surface area contributed by atoms with E-state index in [1.807, 2.05) is 46.0 Å². The van der Waals surface area contributed by atoms with Crippen molar-refractivity contribution in [2.45, 2.75) is 218 Å². The number of esters is 1. The fourth-order valence-corrected chi connectivity index (χ4v) is 11.3. The van der Waals surface area contributed by atoms with Crippen molar-refractivity contribution in [1.29, 1.82) is 0 Å². The van der Waals surface area contributed by atoms with E-state index in [4.69, 9.17) is 33.3 Å². The summed E-state index contributed by atoms with van der Waals surface area (Å²) in [5.74, 6) is -2.77. The van der Waals surface area contributed by atoms with E-state index < -0.39 is 102 Å². The SMILES string of the molecule is CC[C@H]1OC(=O)[C@H](C)[C@@H](O[C@H]2C[C@@](C)(OC)[C@@H](O)[C@H](C)O2)C(C)[C@@H](O[C@@H]2O[C@H](C)C[C@H](N(C)CCc3cn(CC4CC(c5ccc(C)cc5)=NO4)nn3)[C@H]2O)[C@](C)(O)C[C@@H](C)CN(C)[C@H](C)C(O)[C@]1(C)O. The number of likely N-dealkylation sites (N-methyl/N-ethyl adjacent to an activating group) is 2. The fourth-order valence-electron chi connectivity index (χ4n) is 11.3. The molecule has 3 fully saturated rings. The lowest BCUT2D eigenvalue weighted by atomic mass is 9.77. The van der Waals surface area contributed by atoms with Crippen LogP contribution in [0, 0.1) is 24.7 Å². The quantitative estimate of drug-likeness (QED) is 0.181. The molecule has 1 aromatic carbocycles. The van der Waals surface area contributed by atoms with Crippen LogP contribution in [0.25, 0.3) is 0 Å². The standard InChI is InChI=1S/C52H86N6O13/c1-15-41-52(11,64)45(60)34(7)57(13)26-30(3)24-50(9,63)47(32(5)44(33(6)48(62)68-41)69-42-25-51(10,65-14)46(61)35(8)67-42)70-49-43(59)40(22-31(4)66-49)56(12)21-20-37-27-58(55-53-37)28-38-23-39(54-71-38)36-18-16-29(2)17-19-36/h16-19,27,30-35,38,40-47,49,59-61,63-64H,15,20-26,28H2,1-14H3/t30-,31-,32?,33-,34-,35+,38?,40+,41-,42+,43-,44+,45?,46+,47-,49+,50-,51-,52-/m1/s1. The van der Waals surface area contributed by atoms with Gasteiger partial charge in [-0.25, -0.2) is 4.68 Å². The summed E-state index contributed by atoms with van der Waals surface area (Å²) in [4.78, 5) is 24.2. The predicted octanol–water partition coefficient (Wildman–Crippen LogP) is 3.61. The molecule has 2 aromatic rings. The number of carbonyl (C=O) groups excluding carboxylic acids is 1. The maximum atomic E-state index is 14.5. The van der Waals surface area contributed by atoms with E-state index in [1.165, 1.54) is 19.6 Å². The summed E-state index contributed by atoms with van der Waals surface area (Å²) >= 11 is 0. The molecule has 3 unspecified atom stereocenters. The summed E-state index contributed by atoms with van der Waals surface area (Å²) in [6.45, 7) is 21.1. The molecule has 19 heteroatoms. The molecule has 19 atom stereocenters. The number of hydrogen-bond donors (Lipinski definition) is 5. The average Bonchev–Trinajstić information content (AvgIpc) is 3.99. The van der Waals surface area contributed by atoms with Crippen molar-refractivity contribution in [2.24, 2.45) is 22.9 Å². The van der Waals surface area contributed by atoms with Crippen LogP contribution in [0.15, 0.2) is 35.6 Å². The Balaban J connectivity index is 1.23. The second kappa shape index (κ2) is 23.6. The van der Waals surface area contributed by atoms with E-state index in [0.717, 1.165) is 17.0 Å². The molecule has 0 amide bonds. The Morgan fingerprint density at radius 3 is 2.31 bits per heavy atom. The van der Waals surface area contributed by atoms with Gasteiger partial charge >= 0.3 is 5.97 Å². The first-order chi connectivity index (χ1) is 33.3. The lowest BCUT2D eigenvalue weighted by Gasteiger charge is -2.49. The van der Waals surface area contributed by atoms with Gasteiger partial charge in [-0.05, 0) is 100 Å². The van der Waals surface area contributed by atoms with Gasteiger partial charge in [0.25, 0.3) is 0 Å². The van der Waals surface area contributed by atoms with E-state index in [1.54, 1.807) is 46.2 Å². The molecular formula is C52H86N6O13. The average molecular weight is 1000 g/mol. The Morgan fingerprint density at radius 1 is 0.958 bits per heavy atom. The molecule has 4 aliphatic heterocycles. The summed E-state index contributed by atoms with van der Waals surface area (Å²) in [7, 11) is 5.29. The van der Waals surface area contributed by atoms with Crippen molar-refractivity contribution in [1.82, 2.24) is 24.8 Å². The zero-order valence-electron chi connectivity index (χ0n) is 44.7. The van der Waals surface area contributed by atoms with Crippen molar-refractivity contribution < 1.29 is 63.6 Å². The molecular weight excluding hydrogens is 917 g/mol. The zero-order valence-corrected chi connectivity index (χ0v) is 44.7. The number of aryl methyl sites for hydroxylation is 1. The molecule has 0 saturated carbocycles. The maximum absolute atomic E-state index is 14.5. The van der Waals surface area contributed by atoms with Gasteiger partial charge in [0.1, 0.15) is 30.0 Å². The fraction of sp³-hybridized carbons (Fsp3) is 0.808. The number of benzene rings is 1. The van der Waals surface area contributed by atoms with Gasteiger partial charge in [-0.3, -0.25) is 4.79 Å². The number of aliphatic hydroxyl groups is 5. The third-order valence-corrected chi connectivity index (χ3v) is 15.9. The van der Waals surface area contributed by atoms with Crippen molar-refractivity contribution in [3.63, 3.8) is 0 Å². The highest BCUT2D eigenvalue weighted by Crippen LogP contribution is 2.40. The summed E-state index contributed by atoms with van der Waals surface area (Å²) in [6.07, 6.45) is -6.04. The molecule has 5 N–H and O–H groups in total. The molecule has 0 aliphatic carbocycles. The number of aliphatic hydroxyl groups excluding tert-OH is 3. The molecule has 0 spiro atoms. The molecule has 0 radical (unpaired) electrons. The van der Waals surface area contributed by atoms with E-state index in [2.05, 4.69) is 51.6 Å². The van der Waals surface area contributed by atoms with Gasteiger partial charge in [-0.2, -0.15) is 0 Å². The minimum Gasteiger partial charge on any atom is -0.459 e. The number of hydrogen-bond acceptors (Lipinski definition) is 18. The number of rotatable bonds is 13. The van der Waals surface area contributed by atoms with Crippen LogP contribution in [0.2, 0.25) is 0 Å². The highest BCUT2D eigenvalue weighted by Gasteiger charge is 2.53. The highest BCUT2D eigenvalue weighted by atomic mass is 16.7. The van der Waals surface area contributed by atoms with Crippen LogP contribution >= 0.6 is 0 Å². The molecule has 19 nitrogen and oxygen atoms in total. The summed E-state index contributed by atoms with van der Waals surface area (Å²) in [5.41, 5.74) is -0.612. The number of nitrogens with zero attached hydrogens (tertiary/aromatic N) is 6. The molecule has 3 saturated heterocycles. The van der Waals surface area contributed by atoms with Gasteiger partial charge in [-0.1, -0.05) is 61.0 Å². The lowest BCUT2D eigenvalue weighted by molar-refractivity contribution is -0.318. The molecule has 71 heavy (non-hydrogen) atoms. The Morgan fingerprint density at radius 2 is 1.65 bits per heavy atom. The van der Waals surface area contributed by atoms with Gasteiger partial charge in [0, 0.05) is 63.7 Å². The van der Waals surface area contributed by atoms with Crippen molar-refractivity contribution in [3.05, 3.63) is 47.3 Å². The first-order valence-corrected chi connectivity index (χ1v) is 25.7. The van der Waals surface area contributed by atoms with Crippen LogP contribution in [0.5, 0.6) is 0 Å². The Bertz CT molecular complexity index is 2060. The van der Waals surface area contributed by atoms with Crippen LogP contribution in [0.3, 0.4) is 0 Å². The van der Waals surface area contributed by atoms with Gasteiger partial charge in [0.05, 0.1) is 59.5 Å².